The average Bonchev–Trinajstić information content (AvgIpc) is 2.67. The summed E-state index contributed by atoms with van der Waals surface area (Å²) in [4.78, 5) is 24.6. The molecule has 1 aliphatic rings. The van der Waals surface area contributed by atoms with E-state index in [4.69, 9.17) is 9.47 Å². The van der Waals surface area contributed by atoms with Crippen LogP contribution in [0.15, 0.2) is 36.7 Å². The first-order valence-electron chi connectivity index (χ1n) is 8.79. The standard InChI is InChI=1S/C19H24N4O3/c1-4-19(24)23-9-8-22(12-14(23)2)17-11-18(21-13-20-17)26-16-7-5-6-15(10-16)25-3/h5-7,10-11,13-14H,4,8-9,12H2,1-3H3/t14-/m0/s1. The number of hydrogen-bond donors (Lipinski definition) is 0. The van der Waals surface area contributed by atoms with E-state index in [2.05, 4.69) is 21.8 Å². The van der Waals surface area contributed by atoms with Gasteiger partial charge in [-0.05, 0) is 19.1 Å². The number of methoxy groups -OCH3 is 1. The highest BCUT2D eigenvalue weighted by atomic mass is 16.5. The molecule has 1 amide bonds. The Bertz CT molecular complexity index is 768. The highest BCUT2D eigenvalue weighted by Crippen LogP contribution is 2.26. The Morgan fingerprint density at radius 1 is 1.23 bits per heavy atom. The van der Waals surface area contributed by atoms with E-state index in [0.717, 1.165) is 24.7 Å². The largest absolute Gasteiger partial charge is 0.497 e. The van der Waals surface area contributed by atoms with Crippen molar-refractivity contribution in [2.45, 2.75) is 26.3 Å². The Hall–Kier alpha value is -2.83. The molecule has 1 fully saturated rings. The number of aromatic nitrogens is 2. The molecule has 0 spiro atoms. The molecular weight excluding hydrogens is 332 g/mol. The molecule has 0 saturated carbocycles. The van der Waals surface area contributed by atoms with Crippen LogP contribution in [0.5, 0.6) is 17.4 Å². The van der Waals surface area contributed by atoms with Crippen molar-refractivity contribution in [3.8, 4) is 17.4 Å². The maximum atomic E-state index is 12.0. The van der Waals surface area contributed by atoms with Gasteiger partial charge < -0.3 is 19.3 Å². The summed E-state index contributed by atoms with van der Waals surface area (Å²) < 4.78 is 11.0. The Kier molecular flexibility index (Phi) is 5.55. The van der Waals surface area contributed by atoms with Gasteiger partial charge in [-0.3, -0.25) is 4.79 Å². The van der Waals surface area contributed by atoms with Crippen LogP contribution in [0.25, 0.3) is 0 Å². The summed E-state index contributed by atoms with van der Waals surface area (Å²) in [7, 11) is 1.62. The molecule has 1 aromatic heterocycles. The van der Waals surface area contributed by atoms with Crippen LogP contribution in [0.3, 0.4) is 0 Å². The molecule has 2 heterocycles. The predicted octanol–water partition coefficient (Wildman–Crippen LogP) is 2.72. The summed E-state index contributed by atoms with van der Waals surface area (Å²) in [5.41, 5.74) is 0. The van der Waals surface area contributed by atoms with Gasteiger partial charge >= 0.3 is 0 Å². The highest BCUT2D eigenvalue weighted by molar-refractivity contribution is 5.76. The van der Waals surface area contributed by atoms with Crippen LogP contribution in [-0.4, -0.2) is 53.6 Å². The molecule has 1 atom stereocenters. The van der Waals surface area contributed by atoms with Gasteiger partial charge in [0.1, 0.15) is 23.6 Å². The zero-order chi connectivity index (χ0) is 18.5. The second kappa shape index (κ2) is 8.03. The van der Waals surface area contributed by atoms with Crippen LogP contribution in [0, 0.1) is 0 Å². The second-order valence-corrected chi connectivity index (χ2v) is 6.23. The van der Waals surface area contributed by atoms with Crippen LogP contribution in [0.4, 0.5) is 5.82 Å². The van der Waals surface area contributed by atoms with Gasteiger partial charge in [0.2, 0.25) is 11.8 Å². The first-order valence-corrected chi connectivity index (χ1v) is 8.79. The van der Waals surface area contributed by atoms with Gasteiger partial charge in [-0.1, -0.05) is 13.0 Å². The summed E-state index contributed by atoms with van der Waals surface area (Å²) in [6, 6.07) is 9.34. The molecule has 0 unspecified atom stereocenters. The van der Waals surface area contributed by atoms with Crippen molar-refractivity contribution in [3.63, 3.8) is 0 Å². The van der Waals surface area contributed by atoms with E-state index >= 15 is 0 Å². The van der Waals surface area contributed by atoms with Crippen molar-refractivity contribution >= 4 is 11.7 Å². The number of hydrogen-bond acceptors (Lipinski definition) is 6. The SMILES string of the molecule is CCC(=O)N1CCN(c2cc(Oc3cccc(OC)c3)ncn2)C[C@@H]1C. The zero-order valence-electron chi connectivity index (χ0n) is 15.4. The number of carbonyl (C=O) groups is 1. The third kappa shape index (κ3) is 4.04. The molecular formula is C19H24N4O3. The summed E-state index contributed by atoms with van der Waals surface area (Å²) in [5, 5.41) is 0. The van der Waals surface area contributed by atoms with E-state index < -0.39 is 0 Å². The smallest absolute Gasteiger partial charge is 0.224 e. The molecule has 2 aromatic rings. The fourth-order valence-electron chi connectivity index (χ4n) is 3.08. The summed E-state index contributed by atoms with van der Waals surface area (Å²) >= 11 is 0. The number of carbonyl (C=O) groups excluding carboxylic acids is 1. The third-order valence-electron chi connectivity index (χ3n) is 4.47. The van der Waals surface area contributed by atoms with Gasteiger partial charge in [-0.2, -0.15) is 0 Å². The zero-order valence-corrected chi connectivity index (χ0v) is 15.4. The lowest BCUT2D eigenvalue weighted by Gasteiger charge is -2.40. The predicted molar refractivity (Wildman–Crippen MR) is 98.8 cm³/mol. The molecule has 0 radical (unpaired) electrons. The molecule has 26 heavy (non-hydrogen) atoms. The molecule has 1 aromatic carbocycles. The quantitative estimate of drug-likeness (QED) is 0.821. The van der Waals surface area contributed by atoms with E-state index in [1.165, 1.54) is 6.33 Å². The third-order valence-corrected chi connectivity index (χ3v) is 4.47. The molecule has 7 nitrogen and oxygen atoms in total. The van der Waals surface area contributed by atoms with Crippen molar-refractivity contribution in [1.82, 2.24) is 14.9 Å². The van der Waals surface area contributed by atoms with Crippen LogP contribution >= 0.6 is 0 Å². The minimum Gasteiger partial charge on any atom is -0.497 e. The topological polar surface area (TPSA) is 67.8 Å². The lowest BCUT2D eigenvalue weighted by Crippen LogP contribution is -2.54. The second-order valence-electron chi connectivity index (χ2n) is 6.23. The van der Waals surface area contributed by atoms with Gasteiger partial charge in [0.05, 0.1) is 7.11 Å². The monoisotopic (exact) mass is 356 g/mol. The van der Waals surface area contributed by atoms with Gasteiger partial charge in [-0.25, -0.2) is 9.97 Å². The van der Waals surface area contributed by atoms with Crippen LogP contribution in [0.1, 0.15) is 20.3 Å². The highest BCUT2D eigenvalue weighted by Gasteiger charge is 2.27. The molecule has 0 N–H and O–H groups in total. The van der Waals surface area contributed by atoms with Crippen molar-refractivity contribution < 1.29 is 14.3 Å². The van der Waals surface area contributed by atoms with E-state index in [1.807, 2.05) is 36.1 Å². The number of piperazine rings is 1. The number of nitrogens with zero attached hydrogens (tertiary/aromatic N) is 4. The summed E-state index contributed by atoms with van der Waals surface area (Å²) in [5.74, 6) is 2.85. The van der Waals surface area contributed by atoms with Crippen molar-refractivity contribution in [1.29, 1.82) is 0 Å². The molecule has 0 aliphatic carbocycles. The number of ether oxygens (including phenoxy) is 2. The first kappa shape index (κ1) is 18.0. The Morgan fingerprint density at radius 3 is 2.77 bits per heavy atom. The van der Waals surface area contributed by atoms with E-state index in [-0.39, 0.29) is 11.9 Å². The molecule has 3 rings (SSSR count). The Labute approximate surface area is 153 Å². The first-order chi connectivity index (χ1) is 12.6. The Morgan fingerprint density at radius 2 is 2.04 bits per heavy atom. The van der Waals surface area contributed by atoms with Crippen molar-refractivity contribution in [3.05, 3.63) is 36.7 Å². The molecule has 1 aliphatic heterocycles. The van der Waals surface area contributed by atoms with Crippen molar-refractivity contribution in [2.24, 2.45) is 0 Å². The molecule has 7 heteroatoms. The summed E-state index contributed by atoms with van der Waals surface area (Å²) in [6.07, 6.45) is 2.04. The van der Waals surface area contributed by atoms with E-state index in [1.54, 1.807) is 13.2 Å². The molecule has 138 valence electrons. The van der Waals surface area contributed by atoms with E-state index in [0.29, 0.717) is 24.6 Å². The number of anilines is 1. The lowest BCUT2D eigenvalue weighted by atomic mass is 10.1. The summed E-state index contributed by atoms with van der Waals surface area (Å²) in [6.45, 7) is 6.14. The van der Waals surface area contributed by atoms with Gasteiger partial charge in [0.25, 0.3) is 0 Å². The van der Waals surface area contributed by atoms with Crippen LogP contribution in [0.2, 0.25) is 0 Å². The maximum absolute atomic E-state index is 12.0. The lowest BCUT2D eigenvalue weighted by molar-refractivity contribution is -0.133. The minimum atomic E-state index is 0.147. The number of rotatable bonds is 5. The molecule has 0 bridgehead atoms. The number of benzene rings is 1. The van der Waals surface area contributed by atoms with Gasteiger partial charge in [-0.15, -0.1) is 0 Å². The van der Waals surface area contributed by atoms with Gasteiger partial charge in [0, 0.05) is 44.2 Å². The normalized spacial score (nSPS) is 17.1. The minimum absolute atomic E-state index is 0.147. The van der Waals surface area contributed by atoms with Gasteiger partial charge in [0.15, 0.2) is 0 Å². The average molecular weight is 356 g/mol. The van der Waals surface area contributed by atoms with E-state index in [9.17, 15) is 4.79 Å². The van der Waals surface area contributed by atoms with Crippen LogP contribution < -0.4 is 14.4 Å². The number of amides is 1. The fourth-order valence-corrected chi connectivity index (χ4v) is 3.08. The molecule has 1 saturated heterocycles. The van der Waals surface area contributed by atoms with Crippen LogP contribution in [-0.2, 0) is 4.79 Å². The Balaban J connectivity index is 1.70. The van der Waals surface area contributed by atoms with Crippen molar-refractivity contribution in [2.75, 3.05) is 31.6 Å². The maximum Gasteiger partial charge on any atom is 0.224 e. The fraction of sp³-hybridized carbons (Fsp3) is 0.421.